The second-order valence-corrected chi connectivity index (χ2v) is 6.02. The average molecular weight is 262 g/mol. The Hall–Kier alpha value is -1.36. The van der Waals surface area contributed by atoms with E-state index in [9.17, 15) is 4.79 Å². The first-order chi connectivity index (χ1) is 9.20. The number of carbonyl (C=O) groups is 1. The Balaban J connectivity index is 1.74. The van der Waals surface area contributed by atoms with E-state index in [4.69, 9.17) is 0 Å². The molecule has 1 unspecified atom stereocenters. The molecule has 2 aliphatic heterocycles. The quantitative estimate of drug-likeness (QED) is 0.802. The molecule has 0 aromatic carbocycles. The third-order valence-corrected chi connectivity index (χ3v) is 4.57. The van der Waals surface area contributed by atoms with Crippen molar-refractivity contribution >= 4 is 5.91 Å². The average Bonchev–Trinajstić information content (AvgIpc) is 2.85. The van der Waals surface area contributed by atoms with E-state index in [1.165, 1.54) is 19.3 Å². The molecule has 3 rings (SSSR count). The van der Waals surface area contributed by atoms with Crippen LogP contribution >= 0.6 is 0 Å². The first-order valence-electron chi connectivity index (χ1n) is 7.20. The topological polar surface area (TPSA) is 61.0 Å². The summed E-state index contributed by atoms with van der Waals surface area (Å²) in [5, 5.41) is 10.3. The van der Waals surface area contributed by atoms with Crippen molar-refractivity contribution in [3.8, 4) is 0 Å². The van der Waals surface area contributed by atoms with Gasteiger partial charge in [-0.25, -0.2) is 0 Å². The summed E-state index contributed by atoms with van der Waals surface area (Å²) >= 11 is 0. The smallest absolute Gasteiger partial charge is 0.257 e. The molecule has 0 aliphatic carbocycles. The molecule has 5 nitrogen and oxygen atoms in total. The zero-order chi connectivity index (χ0) is 13.3. The maximum atomic E-state index is 12.6. The van der Waals surface area contributed by atoms with E-state index in [0.29, 0.717) is 5.41 Å². The van der Waals surface area contributed by atoms with Gasteiger partial charge in [-0.1, -0.05) is 0 Å². The van der Waals surface area contributed by atoms with Gasteiger partial charge >= 0.3 is 0 Å². The van der Waals surface area contributed by atoms with Gasteiger partial charge < -0.3 is 10.2 Å². The van der Waals surface area contributed by atoms with Gasteiger partial charge in [0.15, 0.2) is 0 Å². The minimum absolute atomic E-state index is 0.135. The Labute approximate surface area is 113 Å². The number of nitrogens with zero attached hydrogens (tertiary/aromatic N) is 2. The normalized spacial score (nSPS) is 27.7. The third-order valence-electron chi connectivity index (χ3n) is 4.57. The van der Waals surface area contributed by atoms with E-state index in [0.717, 1.165) is 43.9 Å². The van der Waals surface area contributed by atoms with Crippen LogP contribution in [-0.2, 0) is 0 Å². The fourth-order valence-corrected chi connectivity index (χ4v) is 3.50. The van der Waals surface area contributed by atoms with Gasteiger partial charge in [0.05, 0.1) is 11.8 Å². The second-order valence-electron chi connectivity index (χ2n) is 6.02. The Kier molecular flexibility index (Phi) is 3.31. The highest BCUT2D eigenvalue weighted by molar-refractivity contribution is 5.95. The van der Waals surface area contributed by atoms with E-state index < -0.39 is 0 Å². The molecular formula is C14H22N4O. The summed E-state index contributed by atoms with van der Waals surface area (Å²) in [6.45, 7) is 5.86. The van der Waals surface area contributed by atoms with Crippen molar-refractivity contribution in [2.75, 3.05) is 26.2 Å². The van der Waals surface area contributed by atoms with Gasteiger partial charge in [0.2, 0.25) is 0 Å². The predicted octanol–water partition coefficient (Wildman–Crippen LogP) is 1.32. The lowest BCUT2D eigenvalue weighted by atomic mass is 9.74. The molecule has 2 saturated heterocycles. The number of aromatic nitrogens is 2. The number of rotatable bonds is 1. The standard InChI is InChI=1S/C14H22N4O/c1-11-12(8-16-17-11)13(19)18-7-3-5-14(10-18)4-2-6-15-9-14/h8,15H,2-7,9-10H2,1H3,(H,16,17). The Morgan fingerprint density at radius 1 is 1.42 bits per heavy atom. The SMILES string of the molecule is Cc1[nH]ncc1C(=O)N1CCCC2(CCCNC2)C1. The van der Waals surface area contributed by atoms with Crippen LogP contribution in [0.25, 0.3) is 0 Å². The van der Waals surface area contributed by atoms with Gasteiger partial charge in [-0.2, -0.15) is 5.10 Å². The van der Waals surface area contributed by atoms with Gasteiger partial charge in [0, 0.05) is 30.7 Å². The lowest BCUT2D eigenvalue weighted by Crippen LogP contribution is -2.52. The van der Waals surface area contributed by atoms with Crippen molar-refractivity contribution in [1.29, 1.82) is 0 Å². The summed E-state index contributed by atoms with van der Waals surface area (Å²) in [4.78, 5) is 14.6. The monoisotopic (exact) mass is 262 g/mol. The lowest BCUT2D eigenvalue weighted by molar-refractivity contribution is 0.0433. The van der Waals surface area contributed by atoms with Gasteiger partial charge in [0.1, 0.15) is 0 Å². The molecular weight excluding hydrogens is 240 g/mol. The molecule has 1 atom stereocenters. The molecule has 2 fully saturated rings. The van der Waals surface area contributed by atoms with E-state index in [-0.39, 0.29) is 5.91 Å². The number of likely N-dealkylation sites (tertiary alicyclic amines) is 1. The van der Waals surface area contributed by atoms with Gasteiger partial charge in [0.25, 0.3) is 5.91 Å². The molecule has 0 bridgehead atoms. The van der Waals surface area contributed by atoms with Crippen molar-refractivity contribution in [3.63, 3.8) is 0 Å². The number of nitrogens with one attached hydrogen (secondary N) is 2. The number of hydrogen-bond acceptors (Lipinski definition) is 3. The summed E-state index contributed by atoms with van der Waals surface area (Å²) < 4.78 is 0. The fourth-order valence-electron chi connectivity index (χ4n) is 3.50. The van der Waals surface area contributed by atoms with Crippen molar-refractivity contribution in [3.05, 3.63) is 17.5 Å². The molecule has 3 heterocycles. The number of aromatic amines is 1. The van der Waals surface area contributed by atoms with Crippen molar-refractivity contribution in [1.82, 2.24) is 20.4 Å². The van der Waals surface area contributed by atoms with E-state index in [1.54, 1.807) is 6.20 Å². The third kappa shape index (κ3) is 2.39. The fraction of sp³-hybridized carbons (Fsp3) is 0.714. The van der Waals surface area contributed by atoms with Crippen molar-refractivity contribution < 1.29 is 4.79 Å². The van der Waals surface area contributed by atoms with E-state index >= 15 is 0 Å². The molecule has 0 saturated carbocycles. The van der Waals surface area contributed by atoms with Crippen LogP contribution in [0.15, 0.2) is 6.20 Å². The highest BCUT2D eigenvalue weighted by Gasteiger charge is 2.38. The first-order valence-corrected chi connectivity index (χ1v) is 7.20. The molecule has 1 aromatic heterocycles. The van der Waals surface area contributed by atoms with Crippen molar-refractivity contribution in [2.45, 2.75) is 32.6 Å². The molecule has 1 aromatic rings. The molecule has 104 valence electrons. The highest BCUT2D eigenvalue weighted by Crippen LogP contribution is 2.36. The maximum Gasteiger partial charge on any atom is 0.257 e. The zero-order valence-corrected chi connectivity index (χ0v) is 11.5. The summed E-state index contributed by atoms with van der Waals surface area (Å²) in [6, 6.07) is 0. The Morgan fingerprint density at radius 3 is 2.95 bits per heavy atom. The van der Waals surface area contributed by atoms with Crippen LogP contribution in [0.2, 0.25) is 0 Å². The van der Waals surface area contributed by atoms with Crippen LogP contribution < -0.4 is 5.32 Å². The lowest BCUT2D eigenvalue weighted by Gasteiger charge is -2.45. The van der Waals surface area contributed by atoms with Gasteiger partial charge in [-0.05, 0) is 39.2 Å². The highest BCUT2D eigenvalue weighted by atomic mass is 16.2. The zero-order valence-electron chi connectivity index (χ0n) is 11.5. The minimum atomic E-state index is 0.135. The van der Waals surface area contributed by atoms with Gasteiger partial charge in [-0.3, -0.25) is 9.89 Å². The number of hydrogen-bond donors (Lipinski definition) is 2. The number of aryl methyl sites for hydroxylation is 1. The van der Waals surface area contributed by atoms with Gasteiger partial charge in [-0.15, -0.1) is 0 Å². The summed E-state index contributed by atoms with van der Waals surface area (Å²) in [5.41, 5.74) is 1.90. The van der Waals surface area contributed by atoms with E-state index in [1.807, 2.05) is 11.8 Å². The summed E-state index contributed by atoms with van der Waals surface area (Å²) in [7, 11) is 0. The molecule has 19 heavy (non-hydrogen) atoms. The number of H-pyrrole nitrogens is 1. The van der Waals surface area contributed by atoms with Crippen molar-refractivity contribution in [2.24, 2.45) is 5.41 Å². The maximum absolute atomic E-state index is 12.6. The predicted molar refractivity (Wildman–Crippen MR) is 73.0 cm³/mol. The van der Waals surface area contributed by atoms with Crippen LogP contribution in [0.1, 0.15) is 41.7 Å². The van der Waals surface area contributed by atoms with E-state index in [2.05, 4.69) is 15.5 Å². The summed E-state index contributed by atoms with van der Waals surface area (Å²) in [6.07, 6.45) is 6.48. The van der Waals surface area contributed by atoms with Crippen LogP contribution in [0.3, 0.4) is 0 Å². The van der Waals surface area contributed by atoms with Crippen LogP contribution in [0, 0.1) is 12.3 Å². The molecule has 1 amide bonds. The second kappa shape index (κ2) is 4.96. The largest absolute Gasteiger partial charge is 0.338 e. The minimum Gasteiger partial charge on any atom is -0.338 e. The molecule has 5 heteroatoms. The number of piperidine rings is 2. The Morgan fingerprint density at radius 2 is 2.26 bits per heavy atom. The molecule has 2 N–H and O–H groups in total. The molecule has 2 aliphatic rings. The Bertz CT molecular complexity index is 456. The first kappa shape index (κ1) is 12.7. The molecule has 0 radical (unpaired) electrons. The number of amides is 1. The molecule has 1 spiro atoms. The number of carbonyl (C=O) groups excluding carboxylic acids is 1. The van der Waals surface area contributed by atoms with Crippen LogP contribution in [0.4, 0.5) is 0 Å². The van der Waals surface area contributed by atoms with Crippen LogP contribution in [-0.4, -0.2) is 47.2 Å². The van der Waals surface area contributed by atoms with Crippen LogP contribution in [0.5, 0.6) is 0 Å². The summed E-state index contributed by atoms with van der Waals surface area (Å²) in [5.74, 6) is 0.135.